The summed E-state index contributed by atoms with van der Waals surface area (Å²) in [5.74, 6) is 0. The molecule has 0 bridgehead atoms. The van der Waals surface area contributed by atoms with Crippen molar-refractivity contribution in [2.45, 2.75) is 63.8 Å². The molecule has 0 amide bonds. The van der Waals surface area contributed by atoms with Gasteiger partial charge in [-0.3, -0.25) is 0 Å². The maximum Gasteiger partial charge on any atom is -0.000678 e. The molecule has 0 aromatic rings. The standard InChI is InChI=1S/C11H26N2.4CH4/c1-5-12(6-2)10-9-11-13(7-3)8-4;;;;/h5-11H2,1-4H3;4*1H4. The van der Waals surface area contributed by atoms with Crippen molar-refractivity contribution in [1.82, 2.24) is 9.80 Å². The zero-order chi connectivity index (χ0) is 10.1. The quantitative estimate of drug-likeness (QED) is 0.621. The largest absolute Gasteiger partial charge is 0.304 e. The van der Waals surface area contributed by atoms with Gasteiger partial charge < -0.3 is 9.80 Å². The molecule has 0 aliphatic carbocycles. The van der Waals surface area contributed by atoms with Crippen LogP contribution < -0.4 is 0 Å². The van der Waals surface area contributed by atoms with Crippen molar-refractivity contribution in [3.63, 3.8) is 0 Å². The minimum atomic E-state index is 0. The summed E-state index contributed by atoms with van der Waals surface area (Å²) in [6.45, 7) is 16.2. The third-order valence-corrected chi connectivity index (χ3v) is 2.74. The van der Waals surface area contributed by atoms with Crippen LogP contribution >= 0.6 is 0 Å². The first-order valence-corrected chi connectivity index (χ1v) is 5.73. The Morgan fingerprint density at radius 3 is 0.941 bits per heavy atom. The van der Waals surface area contributed by atoms with E-state index in [0.29, 0.717) is 0 Å². The van der Waals surface area contributed by atoms with E-state index in [-0.39, 0.29) is 29.7 Å². The molecule has 0 saturated heterocycles. The van der Waals surface area contributed by atoms with E-state index in [2.05, 4.69) is 37.5 Å². The van der Waals surface area contributed by atoms with Crippen molar-refractivity contribution in [3.05, 3.63) is 0 Å². The molecular weight excluding hydrogens is 208 g/mol. The molecule has 0 aliphatic heterocycles. The first kappa shape index (κ1) is 30.2. The molecular formula is C15H42N2. The molecule has 0 saturated carbocycles. The molecule has 0 N–H and O–H groups in total. The van der Waals surface area contributed by atoms with Gasteiger partial charge in [-0.25, -0.2) is 0 Å². The van der Waals surface area contributed by atoms with Gasteiger partial charge in [-0.2, -0.15) is 0 Å². The van der Waals surface area contributed by atoms with Crippen LogP contribution in [0.5, 0.6) is 0 Å². The van der Waals surface area contributed by atoms with Crippen LogP contribution in [0.2, 0.25) is 0 Å². The fourth-order valence-electron chi connectivity index (χ4n) is 1.60. The van der Waals surface area contributed by atoms with Crippen LogP contribution in [0.25, 0.3) is 0 Å². The first-order valence-electron chi connectivity index (χ1n) is 5.73. The van der Waals surface area contributed by atoms with Gasteiger partial charge in [0, 0.05) is 0 Å². The summed E-state index contributed by atoms with van der Waals surface area (Å²) < 4.78 is 0. The van der Waals surface area contributed by atoms with Crippen molar-refractivity contribution in [2.24, 2.45) is 0 Å². The maximum atomic E-state index is 2.49. The first-order chi connectivity index (χ1) is 6.28. The normalized spacial score (nSPS) is 8.82. The molecule has 17 heavy (non-hydrogen) atoms. The van der Waals surface area contributed by atoms with Crippen LogP contribution in [0, 0.1) is 0 Å². The molecule has 2 heteroatoms. The number of hydrogen-bond acceptors (Lipinski definition) is 2. The Labute approximate surface area is 113 Å². The molecule has 2 nitrogen and oxygen atoms in total. The van der Waals surface area contributed by atoms with Gasteiger partial charge in [0.2, 0.25) is 0 Å². The van der Waals surface area contributed by atoms with E-state index in [4.69, 9.17) is 0 Å². The summed E-state index contributed by atoms with van der Waals surface area (Å²) in [5, 5.41) is 0. The topological polar surface area (TPSA) is 6.48 Å². The second-order valence-corrected chi connectivity index (χ2v) is 3.41. The highest BCUT2D eigenvalue weighted by Gasteiger charge is 2.01. The zero-order valence-corrected chi connectivity index (χ0v) is 9.84. The molecule has 0 rings (SSSR count). The van der Waals surface area contributed by atoms with E-state index in [0.717, 1.165) is 0 Å². The fraction of sp³-hybridized carbons (Fsp3) is 1.00. The van der Waals surface area contributed by atoms with Crippen molar-refractivity contribution < 1.29 is 0 Å². The Morgan fingerprint density at radius 1 is 0.529 bits per heavy atom. The summed E-state index contributed by atoms with van der Waals surface area (Å²) in [6, 6.07) is 0. The predicted molar refractivity (Wildman–Crippen MR) is 87.1 cm³/mol. The van der Waals surface area contributed by atoms with Crippen LogP contribution in [0.4, 0.5) is 0 Å². The molecule has 0 aromatic carbocycles. The van der Waals surface area contributed by atoms with E-state index in [1.54, 1.807) is 0 Å². The van der Waals surface area contributed by atoms with E-state index in [1.165, 1.54) is 45.7 Å². The average Bonchev–Trinajstić information content (AvgIpc) is 2.19. The van der Waals surface area contributed by atoms with Gasteiger partial charge in [0.1, 0.15) is 0 Å². The molecule has 0 heterocycles. The van der Waals surface area contributed by atoms with Crippen LogP contribution in [-0.2, 0) is 0 Å². The molecule has 0 aliphatic rings. The Hall–Kier alpha value is -0.0800. The van der Waals surface area contributed by atoms with Crippen molar-refractivity contribution in [2.75, 3.05) is 39.3 Å². The number of hydrogen-bond donors (Lipinski definition) is 0. The van der Waals surface area contributed by atoms with E-state index in [9.17, 15) is 0 Å². The monoisotopic (exact) mass is 250 g/mol. The third-order valence-electron chi connectivity index (χ3n) is 2.74. The molecule has 0 atom stereocenters. The zero-order valence-electron chi connectivity index (χ0n) is 9.84. The molecule has 0 unspecified atom stereocenters. The van der Waals surface area contributed by atoms with Gasteiger partial charge in [0.15, 0.2) is 0 Å². The Morgan fingerprint density at radius 2 is 0.765 bits per heavy atom. The van der Waals surface area contributed by atoms with Crippen LogP contribution in [0.3, 0.4) is 0 Å². The fourth-order valence-corrected chi connectivity index (χ4v) is 1.60. The highest BCUT2D eigenvalue weighted by atomic mass is 15.1. The molecule has 0 spiro atoms. The van der Waals surface area contributed by atoms with Gasteiger partial charge >= 0.3 is 0 Å². The lowest BCUT2D eigenvalue weighted by molar-refractivity contribution is 0.250. The second kappa shape index (κ2) is 21.2. The molecule has 0 fully saturated rings. The van der Waals surface area contributed by atoms with E-state index < -0.39 is 0 Å². The van der Waals surface area contributed by atoms with E-state index >= 15 is 0 Å². The second-order valence-electron chi connectivity index (χ2n) is 3.41. The van der Waals surface area contributed by atoms with Crippen LogP contribution in [-0.4, -0.2) is 49.1 Å². The lowest BCUT2D eigenvalue weighted by Crippen LogP contribution is -2.29. The highest BCUT2D eigenvalue weighted by Crippen LogP contribution is 1.94. The summed E-state index contributed by atoms with van der Waals surface area (Å²) >= 11 is 0. The van der Waals surface area contributed by atoms with E-state index in [1.807, 2.05) is 0 Å². The molecule has 112 valence electrons. The lowest BCUT2D eigenvalue weighted by Gasteiger charge is -2.21. The third kappa shape index (κ3) is 15.9. The summed E-state index contributed by atoms with van der Waals surface area (Å²) in [7, 11) is 0. The highest BCUT2D eigenvalue weighted by molar-refractivity contribution is 4.57. The SMILES string of the molecule is C.C.C.C.CCN(CC)CCCN(CC)CC. The summed E-state index contributed by atoms with van der Waals surface area (Å²) in [5.41, 5.74) is 0. The Bertz CT molecular complexity index is 85.1. The minimum absolute atomic E-state index is 0. The lowest BCUT2D eigenvalue weighted by atomic mass is 10.3. The maximum absolute atomic E-state index is 2.49. The van der Waals surface area contributed by atoms with Crippen LogP contribution in [0.1, 0.15) is 63.8 Å². The van der Waals surface area contributed by atoms with Gasteiger partial charge in [0.25, 0.3) is 0 Å². The Balaban J connectivity index is -0.000000120. The Kier molecular flexibility index (Phi) is 37.7. The van der Waals surface area contributed by atoms with Crippen molar-refractivity contribution in [1.29, 1.82) is 0 Å². The van der Waals surface area contributed by atoms with Gasteiger partial charge in [0.05, 0.1) is 0 Å². The smallest absolute Gasteiger partial charge is 0.000678 e. The number of nitrogens with zero attached hydrogens (tertiary/aromatic N) is 2. The van der Waals surface area contributed by atoms with Crippen LogP contribution in [0.15, 0.2) is 0 Å². The summed E-state index contributed by atoms with van der Waals surface area (Å²) in [4.78, 5) is 4.98. The van der Waals surface area contributed by atoms with Gasteiger partial charge in [-0.1, -0.05) is 57.4 Å². The molecule has 0 aromatic heterocycles. The number of rotatable bonds is 8. The molecule has 0 radical (unpaired) electrons. The van der Waals surface area contributed by atoms with Gasteiger partial charge in [-0.05, 0) is 45.7 Å². The van der Waals surface area contributed by atoms with Gasteiger partial charge in [-0.15, -0.1) is 0 Å². The van der Waals surface area contributed by atoms with Crippen molar-refractivity contribution in [3.8, 4) is 0 Å². The predicted octanol–water partition coefficient (Wildman–Crippen LogP) is 4.60. The van der Waals surface area contributed by atoms with Crippen molar-refractivity contribution >= 4 is 0 Å². The minimum Gasteiger partial charge on any atom is -0.304 e. The summed E-state index contributed by atoms with van der Waals surface area (Å²) in [6.07, 6.45) is 1.31. The average molecular weight is 251 g/mol.